The molecule has 1 fully saturated rings. The van der Waals surface area contributed by atoms with Crippen LogP contribution in [0.15, 0.2) is 18.2 Å². The fraction of sp³-hybridized carbons (Fsp3) is 0.600. The van der Waals surface area contributed by atoms with Gasteiger partial charge in [-0.15, -0.1) is 0 Å². The molecule has 1 aromatic carbocycles. The Morgan fingerprint density at radius 3 is 2.78 bits per heavy atom. The standard InChI is InChI=1S/C15H24N2O/c1-4-17-8-7-13(10-16)15(17)12-5-6-14(18-3)11(2)9-12/h5-6,9,13,15H,4,7-8,10,16H2,1-3H3. The van der Waals surface area contributed by atoms with Crippen LogP contribution in [0.3, 0.4) is 0 Å². The number of nitrogens with two attached hydrogens (primary N) is 1. The van der Waals surface area contributed by atoms with Crippen LogP contribution in [0, 0.1) is 12.8 Å². The zero-order valence-electron chi connectivity index (χ0n) is 11.6. The molecule has 3 nitrogen and oxygen atoms in total. The summed E-state index contributed by atoms with van der Waals surface area (Å²) in [4.78, 5) is 2.53. The van der Waals surface area contributed by atoms with E-state index < -0.39 is 0 Å². The molecule has 0 spiro atoms. The minimum absolute atomic E-state index is 0.476. The molecule has 0 bridgehead atoms. The first-order chi connectivity index (χ1) is 8.71. The Kier molecular flexibility index (Phi) is 4.25. The van der Waals surface area contributed by atoms with Gasteiger partial charge in [-0.1, -0.05) is 19.1 Å². The van der Waals surface area contributed by atoms with Crippen molar-refractivity contribution in [2.45, 2.75) is 26.3 Å². The van der Waals surface area contributed by atoms with E-state index in [1.807, 2.05) is 0 Å². The van der Waals surface area contributed by atoms with Crippen LogP contribution in [0.2, 0.25) is 0 Å². The maximum absolute atomic E-state index is 5.92. The molecule has 1 aromatic rings. The summed E-state index contributed by atoms with van der Waals surface area (Å²) in [7, 11) is 1.72. The largest absolute Gasteiger partial charge is 0.496 e. The number of hydrogen-bond donors (Lipinski definition) is 1. The molecule has 1 heterocycles. The van der Waals surface area contributed by atoms with E-state index >= 15 is 0 Å². The van der Waals surface area contributed by atoms with E-state index in [-0.39, 0.29) is 0 Å². The third-order valence-electron chi connectivity index (χ3n) is 4.10. The van der Waals surface area contributed by atoms with Gasteiger partial charge in [0.25, 0.3) is 0 Å². The lowest BCUT2D eigenvalue weighted by atomic mass is 9.92. The van der Waals surface area contributed by atoms with Crippen molar-refractivity contribution < 1.29 is 4.74 Å². The summed E-state index contributed by atoms with van der Waals surface area (Å²) >= 11 is 0. The van der Waals surface area contributed by atoms with Crippen molar-refractivity contribution in [3.05, 3.63) is 29.3 Å². The van der Waals surface area contributed by atoms with Gasteiger partial charge in [-0.05, 0) is 56.1 Å². The van der Waals surface area contributed by atoms with Gasteiger partial charge in [-0.3, -0.25) is 4.90 Å². The van der Waals surface area contributed by atoms with E-state index in [9.17, 15) is 0 Å². The van der Waals surface area contributed by atoms with Gasteiger partial charge in [0.05, 0.1) is 7.11 Å². The van der Waals surface area contributed by atoms with Crippen molar-refractivity contribution in [1.29, 1.82) is 0 Å². The zero-order chi connectivity index (χ0) is 13.1. The average molecular weight is 248 g/mol. The molecule has 100 valence electrons. The number of benzene rings is 1. The van der Waals surface area contributed by atoms with Crippen molar-refractivity contribution in [1.82, 2.24) is 4.90 Å². The number of aryl methyl sites for hydroxylation is 1. The van der Waals surface area contributed by atoms with Gasteiger partial charge >= 0.3 is 0 Å². The number of methoxy groups -OCH3 is 1. The average Bonchev–Trinajstić information content (AvgIpc) is 2.81. The van der Waals surface area contributed by atoms with E-state index in [1.54, 1.807) is 7.11 Å². The molecular formula is C15H24N2O. The quantitative estimate of drug-likeness (QED) is 0.889. The molecule has 2 atom stereocenters. The van der Waals surface area contributed by atoms with Crippen LogP contribution in [0.1, 0.15) is 30.5 Å². The lowest BCUT2D eigenvalue weighted by Crippen LogP contribution is -2.28. The van der Waals surface area contributed by atoms with Crippen LogP contribution in [-0.4, -0.2) is 31.6 Å². The first-order valence-corrected chi connectivity index (χ1v) is 6.79. The Labute approximate surface area is 110 Å². The van der Waals surface area contributed by atoms with Crippen molar-refractivity contribution >= 4 is 0 Å². The van der Waals surface area contributed by atoms with Gasteiger partial charge in [0, 0.05) is 6.04 Å². The molecule has 0 aliphatic carbocycles. The number of hydrogen-bond acceptors (Lipinski definition) is 3. The highest BCUT2D eigenvalue weighted by Gasteiger charge is 2.33. The maximum atomic E-state index is 5.92. The van der Waals surface area contributed by atoms with Crippen LogP contribution in [0.25, 0.3) is 0 Å². The monoisotopic (exact) mass is 248 g/mol. The first kappa shape index (κ1) is 13.4. The molecule has 2 N–H and O–H groups in total. The molecule has 3 heteroatoms. The molecule has 18 heavy (non-hydrogen) atoms. The highest BCUT2D eigenvalue weighted by molar-refractivity contribution is 5.38. The van der Waals surface area contributed by atoms with E-state index in [1.165, 1.54) is 17.5 Å². The smallest absolute Gasteiger partial charge is 0.121 e. The van der Waals surface area contributed by atoms with Gasteiger partial charge < -0.3 is 10.5 Å². The molecule has 1 aliphatic rings. The summed E-state index contributed by atoms with van der Waals surface area (Å²) < 4.78 is 5.33. The normalized spacial score (nSPS) is 24.4. The molecule has 2 unspecified atom stereocenters. The van der Waals surface area contributed by atoms with Crippen LogP contribution >= 0.6 is 0 Å². The fourth-order valence-corrected chi connectivity index (χ4v) is 3.10. The molecule has 2 rings (SSSR count). The summed E-state index contributed by atoms with van der Waals surface area (Å²) in [5.74, 6) is 1.54. The number of rotatable bonds is 4. The van der Waals surface area contributed by atoms with E-state index in [0.717, 1.165) is 25.4 Å². The summed E-state index contributed by atoms with van der Waals surface area (Å²) in [6.07, 6.45) is 1.21. The molecule has 0 saturated carbocycles. The lowest BCUT2D eigenvalue weighted by molar-refractivity contribution is 0.241. The summed E-state index contributed by atoms with van der Waals surface area (Å²) in [6.45, 7) is 7.35. The predicted octanol–water partition coefficient (Wildman–Crippen LogP) is 2.35. The van der Waals surface area contributed by atoms with E-state index in [0.29, 0.717) is 12.0 Å². The van der Waals surface area contributed by atoms with Gasteiger partial charge in [0.2, 0.25) is 0 Å². The van der Waals surface area contributed by atoms with Crippen LogP contribution in [0.5, 0.6) is 5.75 Å². The molecule has 1 saturated heterocycles. The molecule has 1 aliphatic heterocycles. The lowest BCUT2D eigenvalue weighted by Gasteiger charge is -2.27. The van der Waals surface area contributed by atoms with Crippen molar-refractivity contribution in [3.8, 4) is 5.75 Å². The molecule has 0 radical (unpaired) electrons. The van der Waals surface area contributed by atoms with E-state index in [2.05, 4.69) is 36.9 Å². The van der Waals surface area contributed by atoms with Gasteiger partial charge in [0.1, 0.15) is 5.75 Å². The maximum Gasteiger partial charge on any atom is 0.121 e. The summed E-state index contributed by atoms with van der Waals surface area (Å²) in [5.41, 5.74) is 8.50. The zero-order valence-corrected chi connectivity index (χ0v) is 11.6. The van der Waals surface area contributed by atoms with Crippen LogP contribution in [-0.2, 0) is 0 Å². The SMILES string of the molecule is CCN1CCC(CN)C1c1ccc(OC)c(C)c1. The Balaban J connectivity index is 2.30. The topological polar surface area (TPSA) is 38.5 Å². The first-order valence-electron chi connectivity index (χ1n) is 6.79. The Morgan fingerprint density at radius 1 is 1.44 bits per heavy atom. The molecule has 0 amide bonds. The third-order valence-corrected chi connectivity index (χ3v) is 4.10. The highest BCUT2D eigenvalue weighted by atomic mass is 16.5. The number of nitrogens with zero attached hydrogens (tertiary/aromatic N) is 1. The molecular weight excluding hydrogens is 224 g/mol. The van der Waals surface area contributed by atoms with Crippen molar-refractivity contribution in [3.63, 3.8) is 0 Å². The highest BCUT2D eigenvalue weighted by Crippen LogP contribution is 2.37. The van der Waals surface area contributed by atoms with Gasteiger partial charge in [-0.25, -0.2) is 0 Å². The number of likely N-dealkylation sites (tertiary alicyclic amines) is 1. The summed E-state index contributed by atoms with van der Waals surface area (Å²) in [6, 6.07) is 6.99. The van der Waals surface area contributed by atoms with Crippen LogP contribution < -0.4 is 10.5 Å². The Morgan fingerprint density at radius 2 is 2.22 bits per heavy atom. The predicted molar refractivity (Wildman–Crippen MR) is 74.9 cm³/mol. The van der Waals surface area contributed by atoms with Gasteiger partial charge in [-0.2, -0.15) is 0 Å². The second-order valence-corrected chi connectivity index (χ2v) is 5.09. The second-order valence-electron chi connectivity index (χ2n) is 5.09. The third kappa shape index (κ3) is 2.38. The fourth-order valence-electron chi connectivity index (χ4n) is 3.10. The van der Waals surface area contributed by atoms with Crippen molar-refractivity contribution in [2.24, 2.45) is 11.7 Å². The Bertz CT molecular complexity index is 393. The van der Waals surface area contributed by atoms with Crippen molar-refractivity contribution in [2.75, 3.05) is 26.7 Å². The molecule has 0 aromatic heterocycles. The van der Waals surface area contributed by atoms with E-state index in [4.69, 9.17) is 10.5 Å². The minimum atomic E-state index is 0.476. The van der Waals surface area contributed by atoms with Gasteiger partial charge in [0.15, 0.2) is 0 Å². The summed E-state index contributed by atoms with van der Waals surface area (Å²) in [5, 5.41) is 0. The number of ether oxygens (including phenoxy) is 1. The minimum Gasteiger partial charge on any atom is -0.496 e. The Hall–Kier alpha value is -1.06. The van der Waals surface area contributed by atoms with Crippen LogP contribution in [0.4, 0.5) is 0 Å². The second kappa shape index (κ2) is 5.72.